The number of piperazine rings is 1. The molecule has 0 spiro atoms. The molecule has 0 bridgehead atoms. The van der Waals surface area contributed by atoms with Crippen LogP contribution >= 0.6 is 0 Å². The zero-order valence-electron chi connectivity index (χ0n) is 13.0. The zero-order chi connectivity index (χ0) is 14.8. The second-order valence-electron chi connectivity index (χ2n) is 5.96. The number of hydrogen-bond donors (Lipinski definition) is 0. The lowest BCUT2D eigenvalue weighted by molar-refractivity contribution is 0.312. The molecule has 21 heavy (non-hydrogen) atoms. The number of pyridine rings is 1. The smallest absolute Gasteiger partial charge is 0.136 e. The Balaban J connectivity index is 2.07. The molecule has 0 radical (unpaired) electrons. The second-order valence-corrected chi connectivity index (χ2v) is 5.96. The number of anilines is 1. The van der Waals surface area contributed by atoms with Gasteiger partial charge in [-0.3, -0.25) is 0 Å². The lowest BCUT2D eigenvalue weighted by atomic mass is 10.1. The van der Waals surface area contributed by atoms with Crippen molar-refractivity contribution in [2.75, 3.05) is 38.1 Å². The van der Waals surface area contributed by atoms with Crippen LogP contribution in [0.5, 0.6) is 0 Å². The third kappa shape index (κ3) is 2.93. The van der Waals surface area contributed by atoms with Crippen molar-refractivity contribution in [2.45, 2.75) is 13.3 Å². The van der Waals surface area contributed by atoms with Crippen LogP contribution in [-0.2, 0) is 0 Å². The van der Waals surface area contributed by atoms with E-state index >= 15 is 0 Å². The Morgan fingerprint density at radius 1 is 1.19 bits per heavy atom. The molecule has 0 amide bonds. The molecule has 110 valence electrons. The molecule has 1 aromatic heterocycles. The van der Waals surface area contributed by atoms with Crippen molar-refractivity contribution in [3.63, 3.8) is 0 Å². The Bertz CT molecular complexity index is 692. The van der Waals surface area contributed by atoms with Crippen molar-refractivity contribution in [2.24, 2.45) is 0 Å². The van der Waals surface area contributed by atoms with Crippen molar-refractivity contribution in [1.82, 2.24) is 9.88 Å². The molecule has 1 aliphatic carbocycles. The minimum atomic E-state index is 0.996. The Morgan fingerprint density at radius 3 is 2.67 bits per heavy atom. The zero-order valence-corrected chi connectivity index (χ0v) is 13.0. The molecule has 1 aliphatic heterocycles. The van der Waals surface area contributed by atoms with Crippen molar-refractivity contribution in [3.05, 3.63) is 40.4 Å². The Morgan fingerprint density at radius 2 is 1.95 bits per heavy atom. The molecule has 0 saturated carbocycles. The van der Waals surface area contributed by atoms with Crippen LogP contribution in [0.3, 0.4) is 0 Å². The van der Waals surface area contributed by atoms with Crippen LogP contribution in [0.15, 0.2) is 24.3 Å². The van der Waals surface area contributed by atoms with E-state index in [2.05, 4.69) is 54.6 Å². The van der Waals surface area contributed by atoms with E-state index in [0.717, 1.165) is 49.3 Å². The van der Waals surface area contributed by atoms with Gasteiger partial charge in [0.25, 0.3) is 0 Å². The molecule has 2 aliphatic rings. The fourth-order valence-corrected chi connectivity index (χ4v) is 2.83. The van der Waals surface area contributed by atoms with Gasteiger partial charge in [0.15, 0.2) is 0 Å². The van der Waals surface area contributed by atoms with E-state index in [0.29, 0.717) is 0 Å². The number of likely N-dealkylation sites (N-methyl/N-ethyl adjacent to an activating group) is 1. The molecule has 0 N–H and O–H groups in total. The first-order valence-electron chi connectivity index (χ1n) is 7.62. The monoisotopic (exact) mass is 281 g/mol. The summed E-state index contributed by atoms with van der Waals surface area (Å²) in [6.45, 7) is 10.4. The number of allylic oxidation sites excluding steroid dienone is 2. The van der Waals surface area contributed by atoms with Crippen LogP contribution in [0, 0.1) is 0 Å². The summed E-state index contributed by atoms with van der Waals surface area (Å²) in [4.78, 5) is 9.67. The third-order valence-electron chi connectivity index (χ3n) is 4.28. The average molecular weight is 281 g/mol. The molecule has 2 heterocycles. The Labute approximate surface area is 126 Å². The maximum Gasteiger partial charge on any atom is 0.136 e. The van der Waals surface area contributed by atoms with Crippen molar-refractivity contribution < 1.29 is 0 Å². The number of rotatable bonds is 2. The van der Waals surface area contributed by atoms with Gasteiger partial charge in [-0.05, 0) is 37.8 Å². The van der Waals surface area contributed by atoms with E-state index in [1.54, 1.807) is 0 Å². The second kappa shape index (κ2) is 5.86. The topological polar surface area (TPSA) is 19.4 Å². The molecular weight excluding hydrogens is 258 g/mol. The first-order chi connectivity index (χ1) is 10.2. The standard InChI is InChI=1S/C18H23N3/c1-4-15-13-16-7-5-14(2)6-8-17(16)19-18(15)21-11-9-20(3)10-12-21/h4,6-8,13H,1,5,9-12H2,2-3H3. The van der Waals surface area contributed by atoms with Crippen LogP contribution in [0.1, 0.15) is 18.9 Å². The molecular formula is C18H23N3. The number of nitrogens with zero attached hydrogens (tertiary/aromatic N) is 3. The summed E-state index contributed by atoms with van der Waals surface area (Å²) in [5.41, 5.74) is 2.51. The van der Waals surface area contributed by atoms with Gasteiger partial charge in [-0.2, -0.15) is 0 Å². The normalized spacial score (nSPS) is 19.0. The Kier molecular flexibility index (Phi) is 3.93. The van der Waals surface area contributed by atoms with Crippen molar-refractivity contribution >= 4 is 24.0 Å². The summed E-state index contributed by atoms with van der Waals surface area (Å²) < 4.78 is 0. The lowest BCUT2D eigenvalue weighted by Gasteiger charge is -2.34. The highest BCUT2D eigenvalue weighted by molar-refractivity contribution is 5.64. The average Bonchev–Trinajstić information content (AvgIpc) is 2.69. The lowest BCUT2D eigenvalue weighted by Crippen LogP contribution is -2.46. The largest absolute Gasteiger partial charge is 0.354 e. The summed E-state index contributed by atoms with van der Waals surface area (Å²) in [6, 6.07) is 2.23. The van der Waals surface area contributed by atoms with E-state index in [4.69, 9.17) is 4.98 Å². The van der Waals surface area contributed by atoms with Gasteiger partial charge in [0.2, 0.25) is 0 Å². The number of aromatic nitrogens is 1. The minimum absolute atomic E-state index is 0.996. The Hall–Kier alpha value is -1.87. The molecule has 3 nitrogen and oxygen atoms in total. The summed E-state index contributed by atoms with van der Waals surface area (Å²) in [5.74, 6) is 1.08. The number of hydrogen-bond acceptors (Lipinski definition) is 3. The quantitative estimate of drug-likeness (QED) is 0.816. The van der Waals surface area contributed by atoms with Gasteiger partial charge in [-0.25, -0.2) is 4.98 Å². The van der Waals surface area contributed by atoms with Crippen LogP contribution in [-0.4, -0.2) is 43.1 Å². The van der Waals surface area contributed by atoms with Gasteiger partial charge in [0.1, 0.15) is 5.82 Å². The van der Waals surface area contributed by atoms with Gasteiger partial charge < -0.3 is 9.80 Å². The highest BCUT2D eigenvalue weighted by Crippen LogP contribution is 2.17. The highest BCUT2D eigenvalue weighted by atomic mass is 15.3. The van der Waals surface area contributed by atoms with Crippen LogP contribution in [0.25, 0.3) is 18.2 Å². The molecule has 1 saturated heterocycles. The van der Waals surface area contributed by atoms with Gasteiger partial charge in [-0.15, -0.1) is 0 Å². The predicted molar refractivity (Wildman–Crippen MR) is 90.6 cm³/mol. The molecule has 3 rings (SSSR count). The SMILES string of the molecule is C=Cc1cc2c(nc1N1CCN(C)CC1)=CC=C(C)CC=2. The maximum absolute atomic E-state index is 4.93. The molecule has 1 fully saturated rings. The highest BCUT2D eigenvalue weighted by Gasteiger charge is 2.17. The fraction of sp³-hybridized carbons (Fsp3) is 0.389. The third-order valence-corrected chi connectivity index (χ3v) is 4.28. The fourth-order valence-electron chi connectivity index (χ4n) is 2.83. The first-order valence-corrected chi connectivity index (χ1v) is 7.62. The summed E-state index contributed by atoms with van der Waals surface area (Å²) in [5, 5.41) is 2.29. The van der Waals surface area contributed by atoms with Gasteiger partial charge in [0, 0.05) is 31.7 Å². The molecule has 0 unspecified atom stereocenters. The van der Waals surface area contributed by atoms with Gasteiger partial charge >= 0.3 is 0 Å². The maximum atomic E-state index is 4.93. The predicted octanol–water partition coefficient (Wildman–Crippen LogP) is 1.39. The van der Waals surface area contributed by atoms with Crippen molar-refractivity contribution in [3.8, 4) is 0 Å². The van der Waals surface area contributed by atoms with Crippen LogP contribution in [0.4, 0.5) is 5.82 Å². The molecule has 1 aromatic rings. The summed E-state index contributed by atoms with van der Waals surface area (Å²) in [7, 11) is 2.17. The van der Waals surface area contributed by atoms with E-state index in [9.17, 15) is 0 Å². The van der Waals surface area contributed by atoms with Gasteiger partial charge in [-0.1, -0.05) is 30.4 Å². The van der Waals surface area contributed by atoms with E-state index in [1.807, 2.05) is 6.08 Å². The summed E-state index contributed by atoms with van der Waals surface area (Å²) >= 11 is 0. The molecule has 3 heteroatoms. The van der Waals surface area contributed by atoms with Crippen LogP contribution < -0.4 is 15.5 Å². The summed E-state index contributed by atoms with van der Waals surface area (Å²) in [6.07, 6.45) is 9.51. The van der Waals surface area contributed by atoms with E-state index < -0.39 is 0 Å². The van der Waals surface area contributed by atoms with Crippen LogP contribution in [0.2, 0.25) is 0 Å². The van der Waals surface area contributed by atoms with Gasteiger partial charge in [0.05, 0.1) is 5.35 Å². The minimum Gasteiger partial charge on any atom is -0.354 e. The molecule has 0 aromatic carbocycles. The first kappa shape index (κ1) is 14.1. The number of fused-ring (bicyclic) bond motifs is 1. The molecule has 0 atom stereocenters. The van der Waals surface area contributed by atoms with E-state index in [-0.39, 0.29) is 0 Å². The van der Waals surface area contributed by atoms with Crippen molar-refractivity contribution in [1.29, 1.82) is 0 Å². The van der Waals surface area contributed by atoms with E-state index in [1.165, 1.54) is 10.8 Å².